The van der Waals surface area contributed by atoms with Gasteiger partial charge in [0.15, 0.2) is 0 Å². The van der Waals surface area contributed by atoms with Gasteiger partial charge in [0.25, 0.3) is 0 Å². The predicted molar refractivity (Wildman–Crippen MR) is 61.7 cm³/mol. The molecule has 88 valence electrons. The van der Waals surface area contributed by atoms with Crippen molar-refractivity contribution in [1.29, 1.82) is 0 Å². The fourth-order valence-electron chi connectivity index (χ4n) is 3.11. The molecule has 2 aliphatic heterocycles. The molecule has 2 rings (SSSR count). The Morgan fingerprint density at radius 2 is 2.33 bits per heavy atom. The monoisotopic (exact) mass is 212 g/mol. The van der Waals surface area contributed by atoms with Crippen molar-refractivity contribution in [2.24, 2.45) is 17.6 Å². The highest BCUT2D eigenvalue weighted by Crippen LogP contribution is 2.29. The van der Waals surface area contributed by atoms with Crippen molar-refractivity contribution in [2.75, 3.05) is 26.3 Å². The van der Waals surface area contributed by atoms with Crippen LogP contribution in [0.2, 0.25) is 0 Å². The van der Waals surface area contributed by atoms with Gasteiger partial charge in [-0.05, 0) is 45.1 Å². The topological polar surface area (TPSA) is 38.5 Å². The molecule has 4 unspecified atom stereocenters. The normalized spacial score (nSPS) is 39.8. The van der Waals surface area contributed by atoms with E-state index in [4.69, 9.17) is 10.5 Å². The summed E-state index contributed by atoms with van der Waals surface area (Å²) in [5.74, 6) is 1.45. The van der Waals surface area contributed by atoms with Gasteiger partial charge in [-0.15, -0.1) is 0 Å². The molecule has 2 aliphatic rings. The van der Waals surface area contributed by atoms with E-state index in [9.17, 15) is 0 Å². The average molecular weight is 212 g/mol. The quantitative estimate of drug-likeness (QED) is 0.761. The lowest BCUT2D eigenvalue weighted by Gasteiger charge is -2.32. The highest BCUT2D eigenvalue weighted by molar-refractivity contribution is 4.89. The molecule has 0 aliphatic carbocycles. The Morgan fingerprint density at radius 3 is 2.87 bits per heavy atom. The summed E-state index contributed by atoms with van der Waals surface area (Å²) in [5.41, 5.74) is 5.76. The molecule has 0 amide bonds. The van der Waals surface area contributed by atoms with Crippen molar-refractivity contribution in [3.63, 3.8) is 0 Å². The van der Waals surface area contributed by atoms with Crippen LogP contribution in [0.15, 0.2) is 0 Å². The lowest BCUT2D eigenvalue weighted by atomic mass is 9.99. The molecule has 0 aromatic heterocycles. The molecule has 2 saturated heterocycles. The van der Waals surface area contributed by atoms with E-state index in [2.05, 4.69) is 18.7 Å². The van der Waals surface area contributed by atoms with Crippen LogP contribution >= 0.6 is 0 Å². The maximum Gasteiger partial charge on any atom is 0.0509 e. The van der Waals surface area contributed by atoms with Crippen molar-refractivity contribution in [3.8, 4) is 0 Å². The van der Waals surface area contributed by atoms with Gasteiger partial charge in [-0.3, -0.25) is 4.90 Å². The number of likely N-dealkylation sites (tertiary alicyclic amines) is 1. The van der Waals surface area contributed by atoms with Crippen molar-refractivity contribution in [3.05, 3.63) is 0 Å². The SMILES string of the molecule is CC1CC(CN)CN1C(C)C1CCOC1. The highest BCUT2D eigenvalue weighted by atomic mass is 16.5. The van der Waals surface area contributed by atoms with Crippen LogP contribution in [0.1, 0.15) is 26.7 Å². The van der Waals surface area contributed by atoms with Gasteiger partial charge in [0.05, 0.1) is 6.61 Å². The summed E-state index contributed by atoms with van der Waals surface area (Å²) in [7, 11) is 0. The fourth-order valence-corrected chi connectivity index (χ4v) is 3.11. The van der Waals surface area contributed by atoms with Gasteiger partial charge in [-0.25, -0.2) is 0 Å². The molecule has 3 heteroatoms. The number of hydrogen-bond acceptors (Lipinski definition) is 3. The molecule has 0 saturated carbocycles. The van der Waals surface area contributed by atoms with Crippen molar-refractivity contribution < 1.29 is 4.74 Å². The molecule has 15 heavy (non-hydrogen) atoms. The molecule has 0 aromatic rings. The molecule has 0 radical (unpaired) electrons. The third-order valence-corrected chi connectivity index (χ3v) is 4.21. The Kier molecular flexibility index (Phi) is 3.65. The molecular weight excluding hydrogens is 188 g/mol. The van der Waals surface area contributed by atoms with E-state index in [0.717, 1.165) is 25.7 Å². The minimum atomic E-state index is 0.666. The first-order valence-electron chi connectivity index (χ1n) is 6.26. The van der Waals surface area contributed by atoms with Gasteiger partial charge >= 0.3 is 0 Å². The summed E-state index contributed by atoms with van der Waals surface area (Å²) < 4.78 is 5.47. The van der Waals surface area contributed by atoms with Crippen molar-refractivity contribution in [2.45, 2.75) is 38.8 Å². The Morgan fingerprint density at radius 1 is 1.53 bits per heavy atom. The Labute approximate surface area is 93.0 Å². The summed E-state index contributed by atoms with van der Waals surface area (Å²) >= 11 is 0. The Hall–Kier alpha value is -0.120. The van der Waals surface area contributed by atoms with Crippen LogP contribution in [0, 0.1) is 11.8 Å². The highest BCUT2D eigenvalue weighted by Gasteiger charge is 2.35. The van der Waals surface area contributed by atoms with Crippen molar-refractivity contribution in [1.82, 2.24) is 4.90 Å². The first kappa shape index (κ1) is 11.4. The van der Waals surface area contributed by atoms with Crippen LogP contribution in [0.25, 0.3) is 0 Å². The van der Waals surface area contributed by atoms with Crippen molar-refractivity contribution >= 4 is 0 Å². The van der Waals surface area contributed by atoms with Crippen LogP contribution in [-0.2, 0) is 4.74 Å². The maximum absolute atomic E-state index is 5.76. The first-order chi connectivity index (χ1) is 7.22. The zero-order valence-electron chi connectivity index (χ0n) is 9.98. The minimum absolute atomic E-state index is 0.666. The molecule has 0 spiro atoms. The molecular formula is C12H24N2O. The van der Waals surface area contributed by atoms with E-state index in [1.165, 1.54) is 19.4 Å². The number of nitrogens with zero attached hydrogens (tertiary/aromatic N) is 1. The van der Waals surface area contributed by atoms with Crippen LogP contribution < -0.4 is 5.73 Å². The van der Waals surface area contributed by atoms with Gasteiger partial charge in [-0.2, -0.15) is 0 Å². The van der Waals surface area contributed by atoms with Crippen LogP contribution in [-0.4, -0.2) is 43.3 Å². The zero-order chi connectivity index (χ0) is 10.8. The third kappa shape index (κ3) is 2.35. The smallest absolute Gasteiger partial charge is 0.0509 e. The lowest BCUT2D eigenvalue weighted by Crippen LogP contribution is -2.41. The number of rotatable bonds is 3. The van der Waals surface area contributed by atoms with E-state index in [1.807, 2.05) is 0 Å². The molecule has 2 N–H and O–H groups in total. The van der Waals surface area contributed by atoms with E-state index in [-0.39, 0.29) is 0 Å². The maximum atomic E-state index is 5.76. The molecule has 0 bridgehead atoms. The van der Waals surface area contributed by atoms with Crippen LogP contribution in [0.4, 0.5) is 0 Å². The summed E-state index contributed by atoms with van der Waals surface area (Å²) in [6.45, 7) is 8.63. The second-order valence-corrected chi connectivity index (χ2v) is 5.25. The average Bonchev–Trinajstić information content (AvgIpc) is 2.85. The van der Waals surface area contributed by atoms with Crippen LogP contribution in [0.5, 0.6) is 0 Å². The third-order valence-electron chi connectivity index (χ3n) is 4.21. The summed E-state index contributed by atoms with van der Waals surface area (Å²) in [5, 5.41) is 0. The largest absolute Gasteiger partial charge is 0.381 e. The molecule has 2 heterocycles. The first-order valence-corrected chi connectivity index (χ1v) is 6.26. The van der Waals surface area contributed by atoms with E-state index in [0.29, 0.717) is 18.0 Å². The molecule has 2 fully saturated rings. The predicted octanol–water partition coefficient (Wildman–Crippen LogP) is 1.08. The molecule has 3 nitrogen and oxygen atoms in total. The summed E-state index contributed by atoms with van der Waals surface area (Å²) in [6, 6.07) is 1.37. The van der Waals surface area contributed by atoms with E-state index in [1.54, 1.807) is 0 Å². The molecule has 4 atom stereocenters. The van der Waals surface area contributed by atoms with Gasteiger partial charge in [-0.1, -0.05) is 0 Å². The van der Waals surface area contributed by atoms with Gasteiger partial charge in [0, 0.05) is 25.2 Å². The van der Waals surface area contributed by atoms with Crippen LogP contribution in [0.3, 0.4) is 0 Å². The van der Waals surface area contributed by atoms with Gasteiger partial charge < -0.3 is 10.5 Å². The Balaban J connectivity index is 1.91. The Bertz CT molecular complexity index is 204. The zero-order valence-corrected chi connectivity index (χ0v) is 9.98. The molecule has 0 aromatic carbocycles. The van der Waals surface area contributed by atoms with Gasteiger partial charge in [0.1, 0.15) is 0 Å². The standard InChI is InChI=1S/C12H24N2O/c1-9-5-11(6-13)7-14(9)10(2)12-3-4-15-8-12/h9-12H,3-8,13H2,1-2H3. The number of hydrogen-bond donors (Lipinski definition) is 1. The number of nitrogens with two attached hydrogens (primary N) is 1. The van der Waals surface area contributed by atoms with E-state index >= 15 is 0 Å². The second-order valence-electron chi connectivity index (χ2n) is 5.25. The van der Waals surface area contributed by atoms with Gasteiger partial charge in [0.2, 0.25) is 0 Å². The number of ether oxygens (including phenoxy) is 1. The second kappa shape index (κ2) is 4.81. The fraction of sp³-hybridized carbons (Fsp3) is 1.00. The van der Waals surface area contributed by atoms with E-state index < -0.39 is 0 Å². The summed E-state index contributed by atoms with van der Waals surface area (Å²) in [4.78, 5) is 2.64. The lowest BCUT2D eigenvalue weighted by molar-refractivity contribution is 0.122. The summed E-state index contributed by atoms with van der Waals surface area (Å²) in [6.07, 6.45) is 2.51. The minimum Gasteiger partial charge on any atom is -0.381 e.